The summed E-state index contributed by atoms with van der Waals surface area (Å²) in [5.41, 5.74) is 18.9. The van der Waals surface area contributed by atoms with E-state index in [4.69, 9.17) is 0 Å². The molecule has 0 aliphatic rings. The van der Waals surface area contributed by atoms with E-state index in [1.54, 1.807) is 0 Å². The van der Waals surface area contributed by atoms with Gasteiger partial charge in [-0.1, -0.05) is 133 Å². The summed E-state index contributed by atoms with van der Waals surface area (Å²) in [7, 11) is 0. The first-order chi connectivity index (χ1) is 34.7. The molecule has 4 heterocycles. The van der Waals surface area contributed by atoms with Crippen LogP contribution in [0.3, 0.4) is 0 Å². The second kappa shape index (κ2) is 15.1. The van der Waals surface area contributed by atoms with Crippen LogP contribution in [0.15, 0.2) is 255 Å². The first kappa shape index (κ1) is 38.7. The van der Waals surface area contributed by atoms with Crippen LogP contribution >= 0.6 is 0 Å². The maximum absolute atomic E-state index is 2.45. The number of aromatic nitrogens is 4. The molecule has 0 amide bonds. The Balaban J connectivity index is 0.920. The highest BCUT2D eigenvalue weighted by molar-refractivity contribution is 6.15. The maximum atomic E-state index is 2.45. The topological polar surface area (TPSA) is 19.7 Å². The molecule has 0 radical (unpaired) electrons. The molecule has 70 heavy (non-hydrogen) atoms. The SMILES string of the molecule is c1ccc(-n2c3ccccc3c3cc(-c4ccc5c(c4)c4cc(-c6ccc7c(c6)c6ccccc6n7-c6ccccc6)ccc4n5-c4ccc(-n5c6ccccc6c6ccccc65)cc4)ccc32)cc1. The van der Waals surface area contributed by atoms with Gasteiger partial charge in [0.2, 0.25) is 0 Å². The van der Waals surface area contributed by atoms with Gasteiger partial charge in [-0.2, -0.15) is 0 Å². The molecule has 326 valence electrons. The summed E-state index contributed by atoms with van der Waals surface area (Å²) < 4.78 is 9.61. The molecule has 15 rings (SSSR count). The van der Waals surface area contributed by atoms with Crippen molar-refractivity contribution >= 4 is 87.2 Å². The van der Waals surface area contributed by atoms with Crippen LogP contribution in [0, 0.1) is 0 Å². The fourth-order valence-electron chi connectivity index (χ4n) is 11.6. The van der Waals surface area contributed by atoms with E-state index < -0.39 is 0 Å². The van der Waals surface area contributed by atoms with Gasteiger partial charge in [0, 0.05) is 65.8 Å². The number of benzene rings is 11. The number of hydrogen-bond acceptors (Lipinski definition) is 0. The fraction of sp³-hybridized carbons (Fsp3) is 0. The van der Waals surface area contributed by atoms with Crippen molar-refractivity contribution in [1.29, 1.82) is 0 Å². The van der Waals surface area contributed by atoms with Crippen molar-refractivity contribution in [2.75, 3.05) is 0 Å². The first-order valence-corrected chi connectivity index (χ1v) is 24.1. The summed E-state index contributed by atoms with van der Waals surface area (Å²) in [6.07, 6.45) is 0. The van der Waals surface area contributed by atoms with E-state index in [0.29, 0.717) is 0 Å². The Labute approximate surface area is 403 Å². The minimum absolute atomic E-state index is 1.12. The third kappa shape index (κ3) is 5.71. The van der Waals surface area contributed by atoms with Gasteiger partial charge in [-0.25, -0.2) is 0 Å². The van der Waals surface area contributed by atoms with E-state index in [2.05, 4.69) is 273 Å². The van der Waals surface area contributed by atoms with Crippen molar-refractivity contribution in [3.8, 4) is 45.0 Å². The number of fused-ring (bicyclic) bond motifs is 12. The molecule has 0 bridgehead atoms. The van der Waals surface area contributed by atoms with Gasteiger partial charge in [-0.3, -0.25) is 0 Å². The lowest BCUT2D eigenvalue weighted by molar-refractivity contribution is 1.14. The highest BCUT2D eigenvalue weighted by Crippen LogP contribution is 2.42. The molecule has 0 spiro atoms. The quantitative estimate of drug-likeness (QED) is 0.158. The predicted molar refractivity (Wildman–Crippen MR) is 295 cm³/mol. The molecule has 0 saturated heterocycles. The predicted octanol–water partition coefficient (Wildman–Crippen LogP) is 17.4. The van der Waals surface area contributed by atoms with Crippen LogP contribution in [0.4, 0.5) is 0 Å². The van der Waals surface area contributed by atoms with Crippen LogP contribution in [-0.2, 0) is 0 Å². The molecule has 0 unspecified atom stereocenters. The lowest BCUT2D eigenvalue weighted by atomic mass is 9.98. The van der Waals surface area contributed by atoms with Gasteiger partial charge in [-0.05, 0) is 144 Å². The Morgan fingerprint density at radius 2 is 0.371 bits per heavy atom. The Kier molecular flexibility index (Phi) is 8.33. The molecule has 15 aromatic rings. The van der Waals surface area contributed by atoms with E-state index in [9.17, 15) is 0 Å². The van der Waals surface area contributed by atoms with Gasteiger partial charge < -0.3 is 18.3 Å². The molecule has 0 aliphatic heterocycles. The summed E-state index contributed by atoms with van der Waals surface area (Å²) in [6.45, 7) is 0. The smallest absolute Gasteiger partial charge is 0.0541 e. The van der Waals surface area contributed by atoms with Crippen molar-refractivity contribution in [1.82, 2.24) is 18.3 Å². The molecule has 4 nitrogen and oxygen atoms in total. The van der Waals surface area contributed by atoms with Gasteiger partial charge in [0.1, 0.15) is 0 Å². The van der Waals surface area contributed by atoms with E-state index in [1.165, 1.54) is 109 Å². The molecule has 0 atom stereocenters. The lowest BCUT2D eigenvalue weighted by Crippen LogP contribution is -1.97. The van der Waals surface area contributed by atoms with Crippen LogP contribution in [0.25, 0.3) is 132 Å². The summed E-state index contributed by atoms with van der Waals surface area (Å²) in [4.78, 5) is 0. The number of hydrogen-bond donors (Lipinski definition) is 0. The summed E-state index contributed by atoms with van der Waals surface area (Å²) >= 11 is 0. The molecular weight excluding hydrogens is 849 g/mol. The molecule has 11 aromatic carbocycles. The van der Waals surface area contributed by atoms with Crippen LogP contribution in [0.1, 0.15) is 0 Å². The molecule has 0 N–H and O–H groups in total. The average molecular weight is 891 g/mol. The Morgan fingerprint density at radius 1 is 0.157 bits per heavy atom. The third-order valence-electron chi connectivity index (χ3n) is 14.8. The number of para-hydroxylation sites is 6. The average Bonchev–Trinajstić information content (AvgIpc) is 4.16. The van der Waals surface area contributed by atoms with Gasteiger partial charge in [0.15, 0.2) is 0 Å². The summed E-state index contributed by atoms with van der Waals surface area (Å²) in [5.74, 6) is 0. The van der Waals surface area contributed by atoms with Crippen molar-refractivity contribution < 1.29 is 0 Å². The van der Waals surface area contributed by atoms with Gasteiger partial charge in [0.25, 0.3) is 0 Å². The van der Waals surface area contributed by atoms with Crippen molar-refractivity contribution in [3.05, 3.63) is 255 Å². The van der Waals surface area contributed by atoms with Crippen LogP contribution in [0.5, 0.6) is 0 Å². The van der Waals surface area contributed by atoms with Crippen LogP contribution in [-0.4, -0.2) is 18.3 Å². The molecule has 4 aromatic heterocycles. The fourth-order valence-corrected chi connectivity index (χ4v) is 11.6. The van der Waals surface area contributed by atoms with E-state index in [1.807, 2.05) is 0 Å². The summed E-state index contributed by atoms with van der Waals surface area (Å²) in [6, 6.07) is 93.5. The van der Waals surface area contributed by atoms with Gasteiger partial charge in [0.05, 0.1) is 44.1 Å². The molecular formula is C66H42N4. The van der Waals surface area contributed by atoms with Crippen molar-refractivity contribution in [3.63, 3.8) is 0 Å². The number of nitrogens with zero attached hydrogens (tertiary/aromatic N) is 4. The van der Waals surface area contributed by atoms with Crippen LogP contribution in [0.2, 0.25) is 0 Å². The van der Waals surface area contributed by atoms with Gasteiger partial charge in [-0.15, -0.1) is 0 Å². The lowest BCUT2D eigenvalue weighted by Gasteiger charge is -2.12. The van der Waals surface area contributed by atoms with Crippen molar-refractivity contribution in [2.24, 2.45) is 0 Å². The standard InChI is InChI=1S/C66H42N4/c1-3-15-47(16-4-1)67-61-25-13-9-21-53(61)55-39-43(27-35-63(55)67)45-29-37-65-57(41-45)58-42-46(44-28-36-64-56(40-44)54-22-10-14-26-62(54)68(64)48-17-5-2-6-18-48)30-38-66(58)70(65)50-33-31-49(32-34-50)69-59-23-11-7-19-51(59)52-20-8-12-24-60(52)69/h1-42H. The normalized spacial score (nSPS) is 12.0. The Morgan fingerprint density at radius 3 is 0.671 bits per heavy atom. The minimum Gasteiger partial charge on any atom is -0.309 e. The second-order valence-electron chi connectivity index (χ2n) is 18.5. The van der Waals surface area contributed by atoms with E-state index in [-0.39, 0.29) is 0 Å². The molecule has 4 heteroatoms. The van der Waals surface area contributed by atoms with E-state index in [0.717, 1.165) is 22.7 Å². The largest absolute Gasteiger partial charge is 0.309 e. The van der Waals surface area contributed by atoms with Gasteiger partial charge >= 0.3 is 0 Å². The Hall–Kier alpha value is -9.38. The maximum Gasteiger partial charge on any atom is 0.0541 e. The highest BCUT2D eigenvalue weighted by Gasteiger charge is 2.19. The number of rotatable bonds is 6. The minimum atomic E-state index is 1.12. The monoisotopic (exact) mass is 890 g/mol. The van der Waals surface area contributed by atoms with Crippen LogP contribution < -0.4 is 0 Å². The zero-order valence-electron chi connectivity index (χ0n) is 38.0. The molecule has 0 aliphatic carbocycles. The first-order valence-electron chi connectivity index (χ1n) is 24.1. The summed E-state index contributed by atoms with van der Waals surface area (Å²) in [5, 5.41) is 9.95. The zero-order valence-corrected chi connectivity index (χ0v) is 38.0. The third-order valence-corrected chi connectivity index (χ3v) is 14.8. The molecule has 0 saturated carbocycles. The zero-order chi connectivity index (χ0) is 45.9. The van der Waals surface area contributed by atoms with E-state index >= 15 is 0 Å². The Bertz CT molecular complexity index is 4300. The second-order valence-corrected chi connectivity index (χ2v) is 18.5. The highest BCUT2D eigenvalue weighted by atomic mass is 15.0. The van der Waals surface area contributed by atoms with Crippen molar-refractivity contribution in [2.45, 2.75) is 0 Å². The molecule has 0 fully saturated rings.